The van der Waals surface area contributed by atoms with Crippen LogP contribution in [-0.4, -0.2) is 6.29 Å². The lowest BCUT2D eigenvalue weighted by Crippen LogP contribution is -1.36. The Bertz CT molecular complexity index is 13.5. The SMILES string of the molecule is CC=O.S. The van der Waals surface area contributed by atoms with E-state index in [2.05, 4.69) is 0 Å². The van der Waals surface area contributed by atoms with Crippen LogP contribution in [0, 0.1) is 0 Å². The van der Waals surface area contributed by atoms with Crippen LogP contribution in [0.25, 0.3) is 0 Å². The van der Waals surface area contributed by atoms with E-state index in [4.69, 9.17) is 4.79 Å². The van der Waals surface area contributed by atoms with Gasteiger partial charge in [0.15, 0.2) is 0 Å². The van der Waals surface area contributed by atoms with Gasteiger partial charge < -0.3 is 4.79 Å². The first-order valence-electron chi connectivity index (χ1n) is 0.813. The molecule has 0 heterocycles. The van der Waals surface area contributed by atoms with Gasteiger partial charge in [-0.2, -0.15) is 13.5 Å². The summed E-state index contributed by atoms with van der Waals surface area (Å²) in [7, 11) is 0. The Morgan fingerprint density at radius 3 is 1.75 bits per heavy atom. The lowest BCUT2D eigenvalue weighted by Gasteiger charge is -1.23. The van der Waals surface area contributed by atoms with Crippen molar-refractivity contribution in [3.63, 3.8) is 0 Å². The van der Waals surface area contributed by atoms with Crippen LogP contribution < -0.4 is 0 Å². The van der Waals surface area contributed by atoms with Crippen LogP contribution in [0.1, 0.15) is 6.92 Å². The minimum Gasteiger partial charge on any atom is -0.304 e. The number of hydrogen-bond donors (Lipinski definition) is 0. The monoisotopic (exact) mass is 78.0 g/mol. The zero-order chi connectivity index (χ0) is 2.71. The van der Waals surface area contributed by atoms with Crippen LogP contribution in [0.5, 0.6) is 0 Å². The van der Waals surface area contributed by atoms with Crippen LogP contribution in [0.3, 0.4) is 0 Å². The van der Waals surface area contributed by atoms with Crippen molar-refractivity contribution in [1.29, 1.82) is 0 Å². The van der Waals surface area contributed by atoms with Crippen molar-refractivity contribution >= 4 is 19.8 Å². The molecule has 1 nitrogen and oxygen atoms in total. The molecule has 0 aliphatic heterocycles. The Kier molecular flexibility index (Phi) is 26.6. The molecule has 0 atom stereocenters. The van der Waals surface area contributed by atoms with Crippen LogP contribution in [0.4, 0.5) is 0 Å². The van der Waals surface area contributed by atoms with Crippen LogP contribution in [-0.2, 0) is 4.79 Å². The topological polar surface area (TPSA) is 17.1 Å². The van der Waals surface area contributed by atoms with Gasteiger partial charge in [0, 0.05) is 0 Å². The molecule has 0 aliphatic carbocycles. The largest absolute Gasteiger partial charge is 0.304 e. The van der Waals surface area contributed by atoms with Gasteiger partial charge in [-0.25, -0.2) is 0 Å². The van der Waals surface area contributed by atoms with E-state index < -0.39 is 0 Å². The number of rotatable bonds is 0. The molecule has 0 rings (SSSR count). The maximum atomic E-state index is 8.81. The first-order valence-corrected chi connectivity index (χ1v) is 0.813. The Labute approximate surface area is 32.5 Å². The van der Waals surface area contributed by atoms with Gasteiger partial charge in [0.1, 0.15) is 6.29 Å². The summed E-state index contributed by atoms with van der Waals surface area (Å²) < 4.78 is 0. The van der Waals surface area contributed by atoms with E-state index in [0.29, 0.717) is 0 Å². The molecular formula is C2H6OS. The van der Waals surface area contributed by atoms with Crippen molar-refractivity contribution in [2.24, 2.45) is 0 Å². The van der Waals surface area contributed by atoms with Crippen molar-refractivity contribution in [2.45, 2.75) is 6.92 Å². The van der Waals surface area contributed by atoms with E-state index in [9.17, 15) is 0 Å². The highest BCUT2D eigenvalue weighted by Crippen LogP contribution is 1.13. The molecule has 0 spiro atoms. The van der Waals surface area contributed by atoms with Crippen molar-refractivity contribution in [3.05, 3.63) is 0 Å². The lowest BCUT2D eigenvalue weighted by atomic mass is 11.0. The minimum absolute atomic E-state index is 0. The number of carbonyl (C=O) groups is 1. The highest BCUT2D eigenvalue weighted by atomic mass is 32.1. The molecule has 26 valence electrons. The van der Waals surface area contributed by atoms with Gasteiger partial charge in [-0.1, -0.05) is 0 Å². The van der Waals surface area contributed by atoms with Gasteiger partial charge in [0.05, 0.1) is 0 Å². The fraction of sp³-hybridized carbons (Fsp3) is 0.500. The van der Waals surface area contributed by atoms with Gasteiger partial charge >= 0.3 is 0 Å². The van der Waals surface area contributed by atoms with E-state index in [1.165, 1.54) is 6.92 Å². The fourth-order valence-corrected chi connectivity index (χ4v) is 0. The zero-order valence-electron chi connectivity index (χ0n) is 2.49. The first kappa shape index (κ1) is 8.99. The molecule has 0 fully saturated rings. The molecule has 0 radical (unpaired) electrons. The second-order valence-electron chi connectivity index (χ2n) is 0.236. The highest BCUT2D eigenvalue weighted by Gasteiger charge is 1.24. The molecule has 0 aromatic carbocycles. The Morgan fingerprint density at radius 2 is 1.75 bits per heavy atom. The summed E-state index contributed by atoms with van der Waals surface area (Å²) in [4.78, 5) is 8.81. The van der Waals surface area contributed by atoms with Gasteiger partial charge in [0.25, 0.3) is 0 Å². The summed E-state index contributed by atoms with van der Waals surface area (Å²) in [5.74, 6) is 0. The van der Waals surface area contributed by atoms with Crippen molar-refractivity contribution in [3.8, 4) is 0 Å². The Morgan fingerprint density at radius 1 is 1.75 bits per heavy atom. The molecule has 0 aliphatic rings. The van der Waals surface area contributed by atoms with Crippen molar-refractivity contribution < 1.29 is 4.79 Å². The summed E-state index contributed by atoms with van der Waals surface area (Å²) >= 11 is 0. The summed E-state index contributed by atoms with van der Waals surface area (Å²) in [6.07, 6.45) is 0.750. The van der Waals surface area contributed by atoms with Crippen molar-refractivity contribution in [2.75, 3.05) is 0 Å². The molecule has 0 saturated carbocycles. The number of hydrogen-bond acceptors (Lipinski definition) is 1. The van der Waals surface area contributed by atoms with Crippen molar-refractivity contribution in [1.82, 2.24) is 0 Å². The minimum atomic E-state index is 0. The maximum absolute atomic E-state index is 8.81. The maximum Gasteiger partial charge on any atom is 0.116 e. The van der Waals surface area contributed by atoms with E-state index in [0.717, 1.165) is 6.29 Å². The van der Waals surface area contributed by atoms with Gasteiger partial charge in [-0.05, 0) is 6.92 Å². The summed E-state index contributed by atoms with van der Waals surface area (Å²) in [5, 5.41) is 0. The molecule has 0 aromatic heterocycles. The van der Waals surface area contributed by atoms with Crippen LogP contribution in [0.2, 0.25) is 0 Å². The number of carbonyl (C=O) groups excluding carboxylic acids is 1. The third-order valence-corrected chi connectivity index (χ3v) is 0. The smallest absolute Gasteiger partial charge is 0.116 e. The zero-order valence-corrected chi connectivity index (χ0v) is 3.49. The van der Waals surface area contributed by atoms with Crippen LogP contribution in [0.15, 0.2) is 0 Å². The molecule has 0 amide bonds. The fourth-order valence-electron chi connectivity index (χ4n) is 0. The first-order chi connectivity index (χ1) is 1.41. The van der Waals surface area contributed by atoms with E-state index in [1.54, 1.807) is 0 Å². The van der Waals surface area contributed by atoms with Crippen LogP contribution >= 0.6 is 13.5 Å². The quantitative estimate of drug-likeness (QED) is 0.381. The predicted octanol–water partition coefficient (Wildman–Crippen LogP) is 0.318. The Hall–Kier alpha value is 0.0200. The summed E-state index contributed by atoms with van der Waals surface area (Å²) in [5.41, 5.74) is 0. The third kappa shape index (κ3) is 5250. The summed E-state index contributed by atoms with van der Waals surface area (Å²) in [6.45, 7) is 1.44. The Balaban J connectivity index is 0. The molecule has 0 bridgehead atoms. The molecule has 0 unspecified atom stereocenters. The molecule has 0 aromatic rings. The van der Waals surface area contributed by atoms with E-state index >= 15 is 0 Å². The number of aldehydes is 1. The average Bonchev–Trinajstić information content (AvgIpc) is 0.918. The molecule has 4 heavy (non-hydrogen) atoms. The van der Waals surface area contributed by atoms with Gasteiger partial charge in [0.2, 0.25) is 0 Å². The second-order valence-corrected chi connectivity index (χ2v) is 0.236. The van der Waals surface area contributed by atoms with Gasteiger partial charge in [-0.15, -0.1) is 0 Å². The molecule has 2 heteroatoms. The summed E-state index contributed by atoms with van der Waals surface area (Å²) in [6, 6.07) is 0. The normalized spacial score (nSPS) is 3.25. The highest BCUT2D eigenvalue weighted by molar-refractivity contribution is 7.59. The predicted molar refractivity (Wildman–Crippen MR) is 22.1 cm³/mol. The average molecular weight is 78.1 g/mol. The lowest BCUT2D eigenvalue weighted by molar-refractivity contribution is -0.106. The van der Waals surface area contributed by atoms with Gasteiger partial charge in [-0.3, -0.25) is 0 Å². The molecule has 0 saturated heterocycles. The third-order valence-electron chi connectivity index (χ3n) is 0. The molecule has 0 N–H and O–H groups in total. The molecular weight excluding hydrogens is 72.1 g/mol. The van der Waals surface area contributed by atoms with E-state index in [1.807, 2.05) is 0 Å². The standard InChI is InChI=1S/C2H4O.H2S/c1-2-3;/h2H,1H3;1H2. The van der Waals surface area contributed by atoms with E-state index in [-0.39, 0.29) is 13.5 Å². The second kappa shape index (κ2) is 11.8.